The molecule has 5 rings (SSSR count). The van der Waals surface area contributed by atoms with Gasteiger partial charge >= 0.3 is 5.97 Å². The van der Waals surface area contributed by atoms with E-state index in [4.69, 9.17) is 4.84 Å². The van der Waals surface area contributed by atoms with E-state index in [2.05, 4.69) is 17.0 Å². The number of carbonyl (C=O) groups is 2. The molecular formula is C28H25N3O4. The molecule has 0 aliphatic carbocycles. The summed E-state index contributed by atoms with van der Waals surface area (Å²) in [5, 5.41) is 2.29. The van der Waals surface area contributed by atoms with Crippen molar-refractivity contribution in [2.45, 2.75) is 27.3 Å². The SMILES string of the molecule is CCn1c2ccc(C(=O)c3ccccc3C)cc2c2c3c(ccc21)c(=O)c(NOC(C)=O)cn3C. The van der Waals surface area contributed by atoms with Gasteiger partial charge in [-0.05, 0) is 49.7 Å². The number of aryl methyl sites for hydroxylation is 3. The number of hydrogen-bond acceptors (Lipinski definition) is 5. The predicted molar refractivity (Wildman–Crippen MR) is 138 cm³/mol. The van der Waals surface area contributed by atoms with E-state index in [9.17, 15) is 14.4 Å². The Labute approximate surface area is 201 Å². The normalized spacial score (nSPS) is 11.3. The van der Waals surface area contributed by atoms with Crippen molar-refractivity contribution in [3.63, 3.8) is 0 Å². The average molecular weight is 468 g/mol. The number of hydrogen-bond donors (Lipinski definition) is 1. The summed E-state index contributed by atoms with van der Waals surface area (Å²) in [4.78, 5) is 42.6. The lowest BCUT2D eigenvalue weighted by Gasteiger charge is -2.12. The van der Waals surface area contributed by atoms with Gasteiger partial charge in [0.1, 0.15) is 5.69 Å². The van der Waals surface area contributed by atoms with E-state index in [1.807, 2.05) is 67.1 Å². The first-order valence-corrected chi connectivity index (χ1v) is 11.4. The van der Waals surface area contributed by atoms with Gasteiger partial charge in [-0.25, -0.2) is 5.48 Å². The van der Waals surface area contributed by atoms with Gasteiger partial charge in [-0.15, -0.1) is 0 Å². The van der Waals surface area contributed by atoms with Crippen LogP contribution in [0.1, 0.15) is 35.3 Å². The van der Waals surface area contributed by atoms with E-state index in [1.54, 1.807) is 12.3 Å². The van der Waals surface area contributed by atoms with Crippen LogP contribution in [0, 0.1) is 6.92 Å². The van der Waals surface area contributed by atoms with Gasteiger partial charge in [-0.3, -0.25) is 14.4 Å². The van der Waals surface area contributed by atoms with Crippen molar-refractivity contribution in [3.8, 4) is 0 Å². The number of anilines is 1. The van der Waals surface area contributed by atoms with Crippen LogP contribution < -0.4 is 10.9 Å². The highest BCUT2D eigenvalue weighted by Gasteiger charge is 2.19. The van der Waals surface area contributed by atoms with Gasteiger partial charge in [0.2, 0.25) is 5.43 Å². The number of nitrogens with zero attached hydrogens (tertiary/aromatic N) is 2. The van der Waals surface area contributed by atoms with Gasteiger partial charge < -0.3 is 14.0 Å². The Bertz CT molecular complexity index is 1730. The summed E-state index contributed by atoms with van der Waals surface area (Å²) >= 11 is 0. The van der Waals surface area contributed by atoms with Gasteiger partial charge in [0.05, 0.1) is 11.0 Å². The molecule has 0 atom stereocenters. The molecule has 35 heavy (non-hydrogen) atoms. The van der Waals surface area contributed by atoms with E-state index in [1.165, 1.54) is 6.92 Å². The number of ketones is 1. The van der Waals surface area contributed by atoms with Crippen molar-refractivity contribution in [2.24, 2.45) is 7.05 Å². The molecular weight excluding hydrogens is 442 g/mol. The minimum Gasteiger partial charge on any atom is -0.348 e. The van der Waals surface area contributed by atoms with Crippen molar-refractivity contribution in [1.29, 1.82) is 0 Å². The van der Waals surface area contributed by atoms with Crippen LogP contribution in [0.25, 0.3) is 32.7 Å². The molecule has 176 valence electrons. The first kappa shape index (κ1) is 22.4. The minimum atomic E-state index is -0.542. The summed E-state index contributed by atoms with van der Waals surface area (Å²) in [6.45, 7) is 5.99. The monoisotopic (exact) mass is 467 g/mol. The summed E-state index contributed by atoms with van der Waals surface area (Å²) in [5.41, 5.74) is 7.27. The lowest BCUT2D eigenvalue weighted by molar-refractivity contribution is -0.138. The molecule has 0 unspecified atom stereocenters. The van der Waals surface area contributed by atoms with Crippen LogP contribution in [-0.2, 0) is 23.2 Å². The Hall–Kier alpha value is -4.39. The molecule has 0 aliphatic heterocycles. The van der Waals surface area contributed by atoms with E-state index in [0.717, 1.165) is 39.4 Å². The third-order valence-corrected chi connectivity index (χ3v) is 6.44. The fourth-order valence-corrected chi connectivity index (χ4v) is 4.85. The third kappa shape index (κ3) is 3.56. The number of pyridine rings is 1. The topological polar surface area (TPSA) is 82.3 Å². The Morgan fingerprint density at radius 1 is 1.00 bits per heavy atom. The van der Waals surface area contributed by atoms with Crippen LogP contribution in [0.4, 0.5) is 5.69 Å². The molecule has 0 bridgehead atoms. The van der Waals surface area contributed by atoms with Crippen LogP contribution in [0.2, 0.25) is 0 Å². The maximum atomic E-state index is 13.4. The number of carbonyl (C=O) groups excluding carboxylic acids is 2. The van der Waals surface area contributed by atoms with E-state index >= 15 is 0 Å². The molecule has 0 radical (unpaired) electrons. The van der Waals surface area contributed by atoms with Gasteiger partial charge in [0.25, 0.3) is 0 Å². The minimum absolute atomic E-state index is 0.0376. The molecule has 0 aliphatic rings. The fraction of sp³-hybridized carbons (Fsp3) is 0.179. The molecule has 5 aromatic rings. The third-order valence-electron chi connectivity index (χ3n) is 6.44. The smallest absolute Gasteiger partial charge is 0.329 e. The number of fused-ring (bicyclic) bond motifs is 5. The number of benzene rings is 3. The van der Waals surface area contributed by atoms with E-state index in [-0.39, 0.29) is 16.9 Å². The van der Waals surface area contributed by atoms with Crippen molar-refractivity contribution in [3.05, 3.63) is 87.7 Å². The van der Waals surface area contributed by atoms with Crippen LogP contribution in [0.5, 0.6) is 0 Å². The quantitative estimate of drug-likeness (QED) is 0.287. The van der Waals surface area contributed by atoms with Gasteiger partial charge in [-0.1, -0.05) is 24.3 Å². The zero-order chi connectivity index (χ0) is 24.9. The Kier molecular flexibility index (Phi) is 5.40. The maximum Gasteiger partial charge on any atom is 0.329 e. The summed E-state index contributed by atoms with van der Waals surface area (Å²) in [5.74, 6) is -0.580. The van der Waals surface area contributed by atoms with Gasteiger partial charge in [-0.2, -0.15) is 0 Å². The first-order valence-electron chi connectivity index (χ1n) is 11.4. The standard InChI is InChI=1S/C28H25N3O4/c1-5-31-23-12-10-18(27(33)19-9-7-6-8-16(19)2)14-21(23)25-24(31)13-11-20-26(25)30(4)15-22(28(20)34)29-35-17(3)32/h6-15,29H,5H2,1-4H3. The van der Waals surface area contributed by atoms with Crippen LogP contribution in [-0.4, -0.2) is 20.9 Å². The van der Waals surface area contributed by atoms with E-state index in [0.29, 0.717) is 16.5 Å². The Balaban J connectivity index is 1.81. The molecule has 0 saturated carbocycles. The number of aromatic nitrogens is 2. The van der Waals surface area contributed by atoms with Crippen LogP contribution in [0.3, 0.4) is 0 Å². The largest absolute Gasteiger partial charge is 0.348 e. The molecule has 3 aromatic carbocycles. The Morgan fingerprint density at radius 2 is 1.74 bits per heavy atom. The molecule has 7 heteroatoms. The Morgan fingerprint density at radius 3 is 2.46 bits per heavy atom. The van der Waals surface area contributed by atoms with Crippen LogP contribution in [0.15, 0.2) is 65.6 Å². The van der Waals surface area contributed by atoms with Gasteiger partial charge in [0, 0.05) is 59.5 Å². The van der Waals surface area contributed by atoms with E-state index < -0.39 is 5.97 Å². The summed E-state index contributed by atoms with van der Waals surface area (Å²) in [7, 11) is 1.84. The molecule has 1 N–H and O–H groups in total. The summed E-state index contributed by atoms with van der Waals surface area (Å²) < 4.78 is 4.03. The molecule has 2 heterocycles. The second-order valence-corrected chi connectivity index (χ2v) is 8.65. The average Bonchev–Trinajstić information content (AvgIpc) is 3.17. The zero-order valence-electron chi connectivity index (χ0n) is 20.0. The molecule has 0 saturated heterocycles. The van der Waals surface area contributed by atoms with Crippen molar-refractivity contribution >= 4 is 50.1 Å². The zero-order valence-corrected chi connectivity index (χ0v) is 20.0. The highest BCUT2D eigenvalue weighted by molar-refractivity contribution is 6.21. The number of nitrogens with one attached hydrogen (secondary N) is 1. The predicted octanol–water partition coefficient (Wildman–Crippen LogP) is 5.10. The van der Waals surface area contributed by atoms with Crippen molar-refractivity contribution in [2.75, 3.05) is 5.48 Å². The lowest BCUT2D eigenvalue weighted by atomic mass is 9.97. The molecule has 0 fully saturated rings. The molecule has 7 nitrogen and oxygen atoms in total. The van der Waals surface area contributed by atoms with Crippen molar-refractivity contribution < 1.29 is 14.4 Å². The summed E-state index contributed by atoms with van der Waals surface area (Å²) in [6.07, 6.45) is 1.62. The second-order valence-electron chi connectivity index (χ2n) is 8.65. The van der Waals surface area contributed by atoms with Crippen molar-refractivity contribution in [1.82, 2.24) is 9.13 Å². The number of rotatable bonds is 5. The lowest BCUT2D eigenvalue weighted by Crippen LogP contribution is -2.17. The van der Waals surface area contributed by atoms with Crippen LogP contribution >= 0.6 is 0 Å². The van der Waals surface area contributed by atoms with Gasteiger partial charge in [0.15, 0.2) is 5.78 Å². The molecule has 0 spiro atoms. The summed E-state index contributed by atoms with van der Waals surface area (Å²) in [6, 6.07) is 17.1. The highest BCUT2D eigenvalue weighted by atomic mass is 16.7. The maximum absolute atomic E-state index is 13.4. The second kappa shape index (κ2) is 8.43. The molecule has 0 amide bonds. The highest BCUT2D eigenvalue weighted by Crippen LogP contribution is 2.35. The first-order chi connectivity index (χ1) is 16.8. The fourth-order valence-electron chi connectivity index (χ4n) is 4.85. The molecule has 2 aromatic heterocycles.